The molecule has 2 aromatic rings. The van der Waals surface area contributed by atoms with E-state index in [-0.39, 0.29) is 5.91 Å². The third kappa shape index (κ3) is 3.43. The van der Waals surface area contributed by atoms with Crippen LogP contribution in [0.4, 0.5) is 0 Å². The molecule has 0 aliphatic rings. The lowest BCUT2D eigenvalue weighted by molar-refractivity contribution is 0.0953. The van der Waals surface area contributed by atoms with Crippen LogP contribution in [0.5, 0.6) is 5.75 Å². The number of rotatable bonds is 5. The van der Waals surface area contributed by atoms with E-state index in [9.17, 15) is 9.59 Å². The summed E-state index contributed by atoms with van der Waals surface area (Å²) in [7, 11) is 0. The molecule has 0 heterocycles. The number of hydrogen-bond acceptors (Lipinski definition) is 4. The summed E-state index contributed by atoms with van der Waals surface area (Å²) in [4.78, 5) is 21.9. The van der Waals surface area contributed by atoms with Crippen LogP contribution in [-0.2, 0) is 6.61 Å². The highest BCUT2D eigenvalue weighted by molar-refractivity contribution is 5.93. The summed E-state index contributed by atoms with van der Waals surface area (Å²) in [6, 6.07) is 13.8. The first-order valence-electron chi connectivity index (χ1n) is 6.01. The van der Waals surface area contributed by atoms with Crippen molar-refractivity contribution in [3.63, 3.8) is 0 Å². The molecule has 0 saturated carbocycles. The molecule has 102 valence electrons. The van der Waals surface area contributed by atoms with Crippen LogP contribution in [0, 0.1) is 0 Å². The fourth-order valence-electron chi connectivity index (χ4n) is 1.68. The number of ether oxygens (including phenoxy) is 1. The van der Waals surface area contributed by atoms with E-state index >= 15 is 0 Å². The molecule has 0 aliphatic carbocycles. The molecule has 0 atom stereocenters. The zero-order valence-electron chi connectivity index (χ0n) is 10.7. The topological polar surface area (TPSA) is 81.4 Å². The Kier molecular flexibility index (Phi) is 4.47. The molecule has 5 nitrogen and oxygen atoms in total. The third-order valence-corrected chi connectivity index (χ3v) is 2.75. The lowest BCUT2D eigenvalue weighted by Crippen LogP contribution is -2.29. The second-order valence-corrected chi connectivity index (χ2v) is 4.15. The predicted molar refractivity (Wildman–Crippen MR) is 74.3 cm³/mol. The largest absolute Gasteiger partial charge is 0.489 e. The van der Waals surface area contributed by atoms with Gasteiger partial charge in [-0.3, -0.25) is 15.0 Å². The predicted octanol–water partition coefficient (Wildman–Crippen LogP) is 1.68. The molecule has 5 heteroatoms. The van der Waals surface area contributed by atoms with Crippen molar-refractivity contribution in [1.82, 2.24) is 5.43 Å². The molecule has 2 rings (SSSR count). The molecule has 0 spiro atoms. The van der Waals surface area contributed by atoms with E-state index in [1.54, 1.807) is 48.5 Å². The number of nitrogens with two attached hydrogens (primary N) is 1. The quantitative estimate of drug-likeness (QED) is 0.375. The normalized spacial score (nSPS) is 9.85. The Morgan fingerprint density at radius 1 is 1.20 bits per heavy atom. The van der Waals surface area contributed by atoms with Gasteiger partial charge in [0.05, 0.1) is 0 Å². The van der Waals surface area contributed by atoms with Crippen molar-refractivity contribution in [2.24, 2.45) is 5.84 Å². The minimum Gasteiger partial charge on any atom is -0.489 e. The van der Waals surface area contributed by atoms with Crippen LogP contribution in [0.25, 0.3) is 0 Å². The number of carbonyl (C=O) groups excluding carboxylic acids is 2. The van der Waals surface area contributed by atoms with Crippen molar-refractivity contribution in [2.75, 3.05) is 0 Å². The number of amides is 1. The maximum atomic E-state index is 11.3. The van der Waals surface area contributed by atoms with Gasteiger partial charge in [0, 0.05) is 11.1 Å². The van der Waals surface area contributed by atoms with Crippen molar-refractivity contribution in [2.45, 2.75) is 6.61 Å². The van der Waals surface area contributed by atoms with Gasteiger partial charge >= 0.3 is 0 Å². The van der Waals surface area contributed by atoms with Crippen LogP contribution < -0.4 is 16.0 Å². The van der Waals surface area contributed by atoms with Crippen LogP contribution in [0.1, 0.15) is 26.3 Å². The molecule has 0 radical (unpaired) electrons. The SMILES string of the molecule is NNC(=O)c1ccc(COc2cccc(C=O)c2)cc1. The minimum atomic E-state index is -0.337. The first-order chi connectivity index (χ1) is 9.72. The summed E-state index contributed by atoms with van der Waals surface area (Å²) >= 11 is 0. The van der Waals surface area contributed by atoms with E-state index in [1.165, 1.54) is 0 Å². The number of nitrogen functional groups attached to an aromatic ring is 1. The van der Waals surface area contributed by atoms with E-state index in [1.807, 2.05) is 0 Å². The Hall–Kier alpha value is -2.66. The second kappa shape index (κ2) is 6.49. The Morgan fingerprint density at radius 3 is 2.60 bits per heavy atom. The number of benzene rings is 2. The highest BCUT2D eigenvalue weighted by Crippen LogP contribution is 2.14. The minimum absolute atomic E-state index is 0.337. The summed E-state index contributed by atoms with van der Waals surface area (Å²) in [5.74, 6) is 5.34. The molecule has 0 unspecified atom stereocenters. The van der Waals surface area contributed by atoms with Gasteiger partial charge < -0.3 is 4.74 Å². The average molecular weight is 270 g/mol. The average Bonchev–Trinajstić information content (AvgIpc) is 2.53. The van der Waals surface area contributed by atoms with E-state index < -0.39 is 0 Å². The summed E-state index contributed by atoms with van der Waals surface area (Å²) < 4.78 is 5.58. The highest BCUT2D eigenvalue weighted by atomic mass is 16.5. The zero-order chi connectivity index (χ0) is 14.4. The van der Waals surface area contributed by atoms with E-state index in [0.29, 0.717) is 23.5 Å². The molecule has 2 aromatic carbocycles. The summed E-state index contributed by atoms with van der Waals surface area (Å²) in [6.07, 6.45) is 0.771. The van der Waals surface area contributed by atoms with Gasteiger partial charge in [0.2, 0.25) is 0 Å². The second-order valence-electron chi connectivity index (χ2n) is 4.15. The van der Waals surface area contributed by atoms with Crippen LogP contribution in [-0.4, -0.2) is 12.2 Å². The third-order valence-electron chi connectivity index (χ3n) is 2.75. The number of carbonyl (C=O) groups is 2. The number of hydrogen-bond donors (Lipinski definition) is 2. The number of aldehydes is 1. The van der Waals surface area contributed by atoms with Crippen molar-refractivity contribution in [1.29, 1.82) is 0 Å². The lowest BCUT2D eigenvalue weighted by Gasteiger charge is -2.07. The molecule has 0 aliphatic heterocycles. The molecule has 3 N–H and O–H groups in total. The van der Waals surface area contributed by atoms with Gasteiger partial charge in [0.1, 0.15) is 18.6 Å². The van der Waals surface area contributed by atoms with Crippen LogP contribution in [0.3, 0.4) is 0 Å². The van der Waals surface area contributed by atoms with Crippen molar-refractivity contribution in [3.8, 4) is 5.75 Å². The molecule has 1 amide bonds. The lowest BCUT2D eigenvalue weighted by atomic mass is 10.1. The molecule has 0 bridgehead atoms. The number of nitrogens with one attached hydrogen (secondary N) is 1. The summed E-state index contributed by atoms with van der Waals surface area (Å²) in [5, 5.41) is 0. The van der Waals surface area contributed by atoms with Crippen LogP contribution >= 0.6 is 0 Å². The Balaban J connectivity index is 2.00. The first-order valence-corrected chi connectivity index (χ1v) is 6.01. The molecular formula is C15H14N2O3. The Bertz CT molecular complexity index is 609. The van der Waals surface area contributed by atoms with Gasteiger partial charge in [-0.05, 0) is 29.8 Å². The maximum Gasteiger partial charge on any atom is 0.265 e. The van der Waals surface area contributed by atoms with E-state index in [0.717, 1.165) is 11.8 Å². The van der Waals surface area contributed by atoms with E-state index in [4.69, 9.17) is 10.6 Å². The van der Waals surface area contributed by atoms with Crippen molar-refractivity contribution in [3.05, 3.63) is 65.2 Å². The summed E-state index contributed by atoms with van der Waals surface area (Å²) in [6.45, 7) is 0.354. The summed E-state index contributed by atoms with van der Waals surface area (Å²) in [5.41, 5.74) is 4.03. The van der Waals surface area contributed by atoms with Crippen LogP contribution in [0.2, 0.25) is 0 Å². The van der Waals surface area contributed by atoms with Gasteiger partial charge in [0.25, 0.3) is 5.91 Å². The molecular weight excluding hydrogens is 256 g/mol. The highest BCUT2D eigenvalue weighted by Gasteiger charge is 2.03. The maximum absolute atomic E-state index is 11.3. The standard InChI is InChI=1S/C15H14N2O3/c16-17-15(19)13-6-4-11(5-7-13)10-20-14-3-1-2-12(8-14)9-18/h1-9H,10,16H2,(H,17,19). The Labute approximate surface area is 116 Å². The van der Waals surface area contributed by atoms with Gasteiger partial charge in [-0.1, -0.05) is 24.3 Å². The monoisotopic (exact) mass is 270 g/mol. The van der Waals surface area contributed by atoms with Gasteiger partial charge in [-0.2, -0.15) is 0 Å². The first kappa shape index (κ1) is 13.8. The van der Waals surface area contributed by atoms with E-state index in [2.05, 4.69) is 5.43 Å². The van der Waals surface area contributed by atoms with Crippen LogP contribution in [0.15, 0.2) is 48.5 Å². The molecule has 0 fully saturated rings. The fourth-order valence-corrected chi connectivity index (χ4v) is 1.68. The molecule has 20 heavy (non-hydrogen) atoms. The smallest absolute Gasteiger partial charge is 0.265 e. The Morgan fingerprint density at radius 2 is 1.95 bits per heavy atom. The van der Waals surface area contributed by atoms with Gasteiger partial charge in [0.15, 0.2) is 0 Å². The zero-order valence-corrected chi connectivity index (χ0v) is 10.7. The number of hydrazine groups is 1. The van der Waals surface area contributed by atoms with Gasteiger partial charge in [-0.25, -0.2) is 5.84 Å². The van der Waals surface area contributed by atoms with Gasteiger partial charge in [-0.15, -0.1) is 0 Å². The van der Waals surface area contributed by atoms with Crippen molar-refractivity contribution < 1.29 is 14.3 Å². The fraction of sp³-hybridized carbons (Fsp3) is 0.0667. The molecule has 0 saturated heterocycles. The molecule has 0 aromatic heterocycles. The van der Waals surface area contributed by atoms with Crippen molar-refractivity contribution >= 4 is 12.2 Å².